The highest BCUT2D eigenvalue weighted by atomic mass is 32.2. The molecule has 1 aromatic rings. The number of aromatic nitrogens is 2. The average molecular weight is 270 g/mol. The van der Waals surface area contributed by atoms with Crippen LogP contribution in [0, 0.1) is 17.2 Å². The number of nitriles is 1. The summed E-state index contributed by atoms with van der Waals surface area (Å²) in [5.41, 5.74) is 0. The highest BCUT2D eigenvalue weighted by molar-refractivity contribution is 7.89. The van der Waals surface area contributed by atoms with Crippen molar-refractivity contribution in [2.75, 3.05) is 13.1 Å². The van der Waals surface area contributed by atoms with Crippen LogP contribution in [0.4, 0.5) is 0 Å². The highest BCUT2D eigenvalue weighted by Crippen LogP contribution is 2.16. The van der Waals surface area contributed by atoms with Crippen molar-refractivity contribution < 1.29 is 8.42 Å². The summed E-state index contributed by atoms with van der Waals surface area (Å²) in [6, 6.07) is 3.44. The first-order valence-corrected chi connectivity index (χ1v) is 7.18. The highest BCUT2D eigenvalue weighted by Gasteiger charge is 2.27. The number of nitrogens with zero attached hydrogens (tertiary/aromatic N) is 4. The van der Waals surface area contributed by atoms with E-state index in [1.165, 1.54) is 21.3 Å². The van der Waals surface area contributed by atoms with Crippen molar-refractivity contribution in [1.82, 2.24) is 14.1 Å². The molecule has 0 aromatic carbocycles. The maximum absolute atomic E-state index is 12.4. The van der Waals surface area contributed by atoms with Crippen LogP contribution >= 0.6 is 0 Å². The van der Waals surface area contributed by atoms with Gasteiger partial charge in [0.15, 0.2) is 5.03 Å². The lowest BCUT2D eigenvalue weighted by atomic mass is 10.2. The molecule has 1 aromatic heterocycles. The van der Waals surface area contributed by atoms with Crippen LogP contribution in [0.5, 0.6) is 0 Å². The average Bonchev–Trinajstić information content (AvgIpc) is 2.70. The molecule has 7 heteroatoms. The van der Waals surface area contributed by atoms with Crippen LogP contribution in [0.1, 0.15) is 20.3 Å². The van der Waals surface area contributed by atoms with Gasteiger partial charge in [-0.2, -0.15) is 14.7 Å². The van der Waals surface area contributed by atoms with Crippen molar-refractivity contribution in [3.63, 3.8) is 0 Å². The van der Waals surface area contributed by atoms with Crippen LogP contribution in [0.15, 0.2) is 17.3 Å². The van der Waals surface area contributed by atoms with Gasteiger partial charge in [0.25, 0.3) is 10.0 Å². The van der Waals surface area contributed by atoms with Gasteiger partial charge in [0.2, 0.25) is 0 Å². The van der Waals surface area contributed by atoms with E-state index in [-0.39, 0.29) is 23.9 Å². The van der Waals surface area contributed by atoms with E-state index in [1.54, 1.807) is 7.05 Å². The number of sulfonamides is 1. The van der Waals surface area contributed by atoms with Gasteiger partial charge in [-0.3, -0.25) is 4.68 Å². The second-order valence-electron chi connectivity index (χ2n) is 4.46. The summed E-state index contributed by atoms with van der Waals surface area (Å²) in [6.07, 6.45) is 1.63. The molecule has 6 nitrogen and oxygen atoms in total. The van der Waals surface area contributed by atoms with Crippen LogP contribution in [0.25, 0.3) is 0 Å². The van der Waals surface area contributed by atoms with E-state index < -0.39 is 10.0 Å². The molecule has 100 valence electrons. The maximum atomic E-state index is 12.4. The van der Waals surface area contributed by atoms with Gasteiger partial charge in [-0.1, -0.05) is 13.8 Å². The number of hydrogen-bond acceptors (Lipinski definition) is 4. The first-order chi connectivity index (χ1) is 8.39. The van der Waals surface area contributed by atoms with Crippen molar-refractivity contribution in [3.8, 4) is 6.07 Å². The van der Waals surface area contributed by atoms with Gasteiger partial charge in [0.05, 0.1) is 12.3 Å². The molecule has 0 amide bonds. The Bertz CT molecular complexity index is 527. The van der Waals surface area contributed by atoms with Crippen LogP contribution in [-0.2, 0) is 17.1 Å². The molecule has 0 aliphatic heterocycles. The second kappa shape index (κ2) is 5.98. The smallest absolute Gasteiger partial charge is 0.256 e. The summed E-state index contributed by atoms with van der Waals surface area (Å²) in [4.78, 5) is 0. The monoisotopic (exact) mass is 270 g/mol. The Morgan fingerprint density at radius 2 is 2.22 bits per heavy atom. The largest absolute Gasteiger partial charge is 0.260 e. The van der Waals surface area contributed by atoms with Crippen LogP contribution < -0.4 is 0 Å². The lowest BCUT2D eigenvalue weighted by Crippen LogP contribution is -2.36. The van der Waals surface area contributed by atoms with Crippen LogP contribution in [0.3, 0.4) is 0 Å². The molecular formula is C11H18N4O2S. The first-order valence-electron chi connectivity index (χ1n) is 5.74. The first kappa shape index (κ1) is 14.7. The molecule has 0 aliphatic carbocycles. The Kier molecular flexibility index (Phi) is 4.87. The molecule has 0 atom stereocenters. The quantitative estimate of drug-likeness (QED) is 0.772. The topological polar surface area (TPSA) is 79.0 Å². The molecule has 0 aliphatic rings. The zero-order chi connectivity index (χ0) is 13.8. The van der Waals surface area contributed by atoms with E-state index in [2.05, 4.69) is 5.10 Å². The lowest BCUT2D eigenvalue weighted by molar-refractivity contribution is 0.369. The molecular weight excluding hydrogens is 252 g/mol. The van der Waals surface area contributed by atoms with Gasteiger partial charge in [0.1, 0.15) is 0 Å². The normalized spacial score (nSPS) is 12.0. The lowest BCUT2D eigenvalue weighted by Gasteiger charge is -2.22. The van der Waals surface area contributed by atoms with Crippen LogP contribution in [0.2, 0.25) is 0 Å². The Balaban J connectivity index is 3.04. The van der Waals surface area contributed by atoms with Gasteiger partial charge in [-0.15, -0.1) is 0 Å². The Morgan fingerprint density at radius 3 is 2.67 bits per heavy atom. The predicted molar refractivity (Wildman–Crippen MR) is 67.0 cm³/mol. The van der Waals surface area contributed by atoms with Crippen molar-refractivity contribution in [2.24, 2.45) is 13.0 Å². The molecule has 0 bridgehead atoms. The van der Waals surface area contributed by atoms with Crippen molar-refractivity contribution in [3.05, 3.63) is 12.3 Å². The molecule has 0 unspecified atom stereocenters. The number of rotatable bonds is 6. The summed E-state index contributed by atoms with van der Waals surface area (Å²) < 4.78 is 27.5. The van der Waals surface area contributed by atoms with Gasteiger partial charge >= 0.3 is 0 Å². The zero-order valence-corrected chi connectivity index (χ0v) is 11.7. The minimum absolute atomic E-state index is 0.154. The molecule has 1 heterocycles. The Hall–Kier alpha value is -1.39. The van der Waals surface area contributed by atoms with Crippen molar-refractivity contribution in [2.45, 2.75) is 25.3 Å². The molecule has 0 saturated carbocycles. The number of hydrogen-bond donors (Lipinski definition) is 0. The summed E-state index contributed by atoms with van der Waals surface area (Å²) in [5.74, 6) is 0.201. The van der Waals surface area contributed by atoms with Gasteiger partial charge < -0.3 is 0 Å². The summed E-state index contributed by atoms with van der Waals surface area (Å²) in [5, 5.41) is 12.6. The van der Waals surface area contributed by atoms with E-state index in [1.807, 2.05) is 19.9 Å². The standard InChI is InChI=1S/C11H18N4O2S/c1-10(2)9-15(8-4-6-12)18(16,17)11-5-7-13-14(11)3/h5,7,10H,4,8-9H2,1-3H3. The van der Waals surface area contributed by atoms with Gasteiger partial charge in [-0.05, 0) is 12.0 Å². The maximum Gasteiger partial charge on any atom is 0.260 e. The zero-order valence-electron chi connectivity index (χ0n) is 10.9. The second-order valence-corrected chi connectivity index (χ2v) is 6.34. The molecule has 0 radical (unpaired) electrons. The van der Waals surface area contributed by atoms with Gasteiger partial charge in [0, 0.05) is 26.6 Å². The molecule has 0 spiro atoms. The fraction of sp³-hybridized carbons (Fsp3) is 0.636. The van der Waals surface area contributed by atoms with E-state index in [0.717, 1.165) is 0 Å². The van der Waals surface area contributed by atoms with E-state index in [4.69, 9.17) is 5.26 Å². The van der Waals surface area contributed by atoms with Gasteiger partial charge in [-0.25, -0.2) is 8.42 Å². The van der Waals surface area contributed by atoms with E-state index in [0.29, 0.717) is 6.54 Å². The third-order valence-electron chi connectivity index (χ3n) is 2.42. The van der Waals surface area contributed by atoms with Crippen LogP contribution in [-0.4, -0.2) is 35.6 Å². The third-order valence-corrected chi connectivity index (χ3v) is 4.36. The molecule has 1 rings (SSSR count). The molecule has 0 fully saturated rings. The fourth-order valence-corrected chi connectivity index (χ4v) is 3.34. The molecule has 0 saturated heterocycles. The number of aryl methyl sites for hydroxylation is 1. The van der Waals surface area contributed by atoms with E-state index >= 15 is 0 Å². The minimum atomic E-state index is -3.57. The third kappa shape index (κ3) is 3.31. The van der Waals surface area contributed by atoms with E-state index in [9.17, 15) is 8.42 Å². The van der Waals surface area contributed by atoms with Crippen molar-refractivity contribution in [1.29, 1.82) is 5.26 Å². The Morgan fingerprint density at radius 1 is 1.56 bits per heavy atom. The molecule has 18 heavy (non-hydrogen) atoms. The van der Waals surface area contributed by atoms with Crippen molar-refractivity contribution >= 4 is 10.0 Å². The SMILES string of the molecule is CC(C)CN(CCC#N)S(=O)(=O)c1ccnn1C. The summed E-state index contributed by atoms with van der Waals surface area (Å²) >= 11 is 0. The summed E-state index contributed by atoms with van der Waals surface area (Å²) in [6.45, 7) is 4.49. The fourth-order valence-electron chi connectivity index (χ4n) is 1.64. The minimum Gasteiger partial charge on any atom is -0.256 e. The molecule has 0 N–H and O–H groups in total. The predicted octanol–water partition coefficient (Wildman–Crippen LogP) is 0.980. The Labute approximate surface area is 108 Å². The summed E-state index contributed by atoms with van der Waals surface area (Å²) in [7, 11) is -1.99.